The molecule has 0 aliphatic carbocycles. The van der Waals surface area contributed by atoms with Gasteiger partial charge < -0.3 is 11.1 Å². The third-order valence-corrected chi connectivity index (χ3v) is 6.07. The summed E-state index contributed by atoms with van der Waals surface area (Å²) in [7, 11) is 0. The van der Waals surface area contributed by atoms with Crippen LogP contribution in [0.4, 0.5) is 17.1 Å². The van der Waals surface area contributed by atoms with Crippen LogP contribution in [0.25, 0.3) is 38.5 Å². The third kappa shape index (κ3) is 3.24. The van der Waals surface area contributed by atoms with Gasteiger partial charge in [0.1, 0.15) is 11.0 Å². The number of fused-ring (bicyclic) bond motifs is 4. The molecule has 4 heteroatoms. The smallest absolute Gasteiger partial charge is 0.240 e. The molecule has 0 amide bonds. The minimum Gasteiger partial charge on any atom is -0.399 e. The van der Waals surface area contributed by atoms with Gasteiger partial charge in [-0.1, -0.05) is 60.7 Å². The van der Waals surface area contributed by atoms with Crippen LogP contribution in [-0.4, -0.2) is 4.98 Å². The zero-order chi connectivity index (χ0) is 22.4. The second-order valence-electron chi connectivity index (χ2n) is 8.32. The molecule has 5 aromatic carbocycles. The molecular formula is C29H23N4+. The van der Waals surface area contributed by atoms with E-state index in [4.69, 9.17) is 10.7 Å². The van der Waals surface area contributed by atoms with Crippen molar-refractivity contribution in [3.63, 3.8) is 0 Å². The third-order valence-electron chi connectivity index (χ3n) is 6.07. The molecule has 1 heterocycles. The number of benzene rings is 5. The van der Waals surface area contributed by atoms with E-state index in [0.717, 1.165) is 61.2 Å². The average Bonchev–Trinajstić information content (AvgIpc) is 2.84. The summed E-state index contributed by atoms with van der Waals surface area (Å²) < 4.78 is 2.27. The molecule has 0 aliphatic heterocycles. The Morgan fingerprint density at radius 3 is 2.09 bits per heavy atom. The molecule has 6 rings (SSSR count). The van der Waals surface area contributed by atoms with Crippen LogP contribution in [0.2, 0.25) is 0 Å². The molecule has 0 atom stereocenters. The number of nitrogens with two attached hydrogens (primary N) is 1. The van der Waals surface area contributed by atoms with E-state index in [0.29, 0.717) is 0 Å². The lowest BCUT2D eigenvalue weighted by atomic mass is 10.0. The van der Waals surface area contributed by atoms with E-state index in [9.17, 15) is 0 Å². The van der Waals surface area contributed by atoms with Crippen LogP contribution in [0.3, 0.4) is 0 Å². The Labute approximate surface area is 191 Å². The van der Waals surface area contributed by atoms with Crippen LogP contribution < -0.4 is 15.6 Å². The molecule has 3 N–H and O–H groups in total. The molecule has 6 aromatic rings. The molecule has 4 nitrogen and oxygen atoms in total. The van der Waals surface area contributed by atoms with Crippen LogP contribution >= 0.6 is 0 Å². The first kappa shape index (κ1) is 19.3. The van der Waals surface area contributed by atoms with E-state index >= 15 is 0 Å². The van der Waals surface area contributed by atoms with E-state index in [2.05, 4.69) is 83.5 Å². The topological polar surface area (TPSA) is 54.8 Å². The van der Waals surface area contributed by atoms with Gasteiger partial charge in [-0.2, -0.15) is 0 Å². The van der Waals surface area contributed by atoms with Crippen molar-refractivity contribution < 1.29 is 4.57 Å². The van der Waals surface area contributed by atoms with Gasteiger partial charge in [0.2, 0.25) is 16.7 Å². The number of para-hydroxylation sites is 2. The fraction of sp³-hybridized carbons (Fsp3) is 0.0345. The van der Waals surface area contributed by atoms with Crippen LogP contribution in [0, 0.1) is 6.92 Å². The minimum absolute atomic E-state index is 0.731. The van der Waals surface area contributed by atoms with Gasteiger partial charge in [0.25, 0.3) is 0 Å². The SMILES string of the molecule is Cc1cc(N)cc2c1nc1c3ccccc3c(Nc3ccccc3)cc1[n+]2-c1ccccc1. The maximum atomic E-state index is 6.28. The number of rotatable bonds is 3. The van der Waals surface area contributed by atoms with Gasteiger partial charge >= 0.3 is 0 Å². The Morgan fingerprint density at radius 2 is 1.33 bits per heavy atom. The number of aryl methyl sites for hydroxylation is 1. The fourth-order valence-corrected chi connectivity index (χ4v) is 4.61. The van der Waals surface area contributed by atoms with Crippen molar-refractivity contribution in [2.45, 2.75) is 6.92 Å². The van der Waals surface area contributed by atoms with Crippen molar-refractivity contribution in [2.24, 2.45) is 0 Å². The molecular weight excluding hydrogens is 404 g/mol. The van der Waals surface area contributed by atoms with Crippen molar-refractivity contribution in [1.82, 2.24) is 4.98 Å². The molecule has 0 bridgehead atoms. The number of nitrogens with zero attached hydrogens (tertiary/aromatic N) is 2. The molecule has 0 spiro atoms. The summed E-state index contributed by atoms with van der Waals surface area (Å²) in [5.41, 5.74) is 15.2. The van der Waals surface area contributed by atoms with Crippen LogP contribution in [-0.2, 0) is 0 Å². The predicted octanol–water partition coefficient (Wildman–Crippen LogP) is 6.45. The van der Waals surface area contributed by atoms with Crippen molar-refractivity contribution in [1.29, 1.82) is 0 Å². The number of nitrogens with one attached hydrogen (secondary N) is 1. The second-order valence-corrected chi connectivity index (χ2v) is 8.32. The molecule has 0 saturated heterocycles. The number of hydrogen-bond donors (Lipinski definition) is 2. The average molecular weight is 428 g/mol. The molecule has 158 valence electrons. The maximum absolute atomic E-state index is 6.28. The Bertz CT molecular complexity index is 1640. The highest BCUT2D eigenvalue weighted by Crippen LogP contribution is 2.33. The van der Waals surface area contributed by atoms with Gasteiger partial charge in [-0.05, 0) is 30.7 Å². The zero-order valence-corrected chi connectivity index (χ0v) is 18.3. The van der Waals surface area contributed by atoms with E-state index in [1.807, 2.05) is 36.4 Å². The van der Waals surface area contributed by atoms with E-state index in [1.165, 1.54) is 0 Å². The predicted molar refractivity (Wildman–Crippen MR) is 137 cm³/mol. The zero-order valence-electron chi connectivity index (χ0n) is 18.3. The molecule has 0 radical (unpaired) electrons. The second kappa shape index (κ2) is 7.61. The first-order chi connectivity index (χ1) is 16.2. The largest absolute Gasteiger partial charge is 0.399 e. The highest BCUT2D eigenvalue weighted by Gasteiger charge is 2.23. The summed E-state index contributed by atoms with van der Waals surface area (Å²) in [5, 5.41) is 5.86. The summed E-state index contributed by atoms with van der Waals surface area (Å²) in [6.07, 6.45) is 0. The van der Waals surface area contributed by atoms with Gasteiger partial charge in [0.05, 0.1) is 5.69 Å². The van der Waals surface area contributed by atoms with E-state index in [1.54, 1.807) is 0 Å². The summed E-state index contributed by atoms with van der Waals surface area (Å²) >= 11 is 0. The molecule has 0 saturated carbocycles. The molecule has 0 unspecified atom stereocenters. The van der Waals surface area contributed by atoms with Crippen molar-refractivity contribution in [3.05, 3.63) is 109 Å². The number of hydrogen-bond acceptors (Lipinski definition) is 3. The quantitative estimate of drug-likeness (QED) is 0.148. The monoisotopic (exact) mass is 427 g/mol. The maximum Gasteiger partial charge on any atom is 0.240 e. The lowest BCUT2D eigenvalue weighted by Gasteiger charge is -2.13. The van der Waals surface area contributed by atoms with Crippen molar-refractivity contribution in [2.75, 3.05) is 11.1 Å². The Kier molecular flexibility index (Phi) is 4.44. The lowest BCUT2D eigenvalue weighted by molar-refractivity contribution is -0.538. The first-order valence-corrected chi connectivity index (χ1v) is 11.0. The van der Waals surface area contributed by atoms with Gasteiger partial charge in [-0.3, -0.25) is 0 Å². The van der Waals surface area contributed by atoms with Gasteiger partial charge in [-0.15, -0.1) is 4.57 Å². The highest BCUT2D eigenvalue weighted by atomic mass is 15.0. The Morgan fingerprint density at radius 1 is 0.697 bits per heavy atom. The summed E-state index contributed by atoms with van der Waals surface area (Å²) in [4.78, 5) is 5.18. The summed E-state index contributed by atoms with van der Waals surface area (Å²) in [6.45, 7) is 2.07. The highest BCUT2D eigenvalue weighted by molar-refractivity contribution is 6.11. The molecule has 33 heavy (non-hydrogen) atoms. The van der Waals surface area contributed by atoms with Crippen molar-refractivity contribution >= 4 is 49.9 Å². The van der Waals surface area contributed by atoms with Crippen LogP contribution in [0.5, 0.6) is 0 Å². The van der Waals surface area contributed by atoms with Crippen molar-refractivity contribution in [3.8, 4) is 5.69 Å². The molecule has 0 fully saturated rings. The van der Waals surface area contributed by atoms with Gasteiger partial charge in [0.15, 0.2) is 0 Å². The minimum atomic E-state index is 0.731. The summed E-state index contributed by atoms with van der Waals surface area (Å²) in [6, 6.07) is 35.3. The van der Waals surface area contributed by atoms with E-state index in [-0.39, 0.29) is 0 Å². The fourth-order valence-electron chi connectivity index (χ4n) is 4.61. The standard InChI is InChI=1S/C29H22N4/c1-19-16-20(30)17-26-28(19)32-29-24-15-9-8-14-23(24)25(31-21-10-4-2-5-11-21)18-27(29)33(26)22-12-6-3-7-13-22/h2-18H,1H3,(H2,30,31)/p+1. The summed E-state index contributed by atoms with van der Waals surface area (Å²) in [5.74, 6) is 0. The first-order valence-electron chi connectivity index (χ1n) is 11.0. The lowest BCUT2D eigenvalue weighted by Crippen LogP contribution is -2.33. The van der Waals surface area contributed by atoms with Gasteiger partial charge in [0, 0.05) is 46.4 Å². The van der Waals surface area contributed by atoms with Crippen LogP contribution in [0.1, 0.15) is 5.56 Å². The Balaban J connectivity index is 1.79. The molecule has 0 aliphatic rings. The van der Waals surface area contributed by atoms with E-state index < -0.39 is 0 Å². The Hall–Kier alpha value is -4.44. The normalized spacial score (nSPS) is 11.3. The van der Waals surface area contributed by atoms with Crippen LogP contribution in [0.15, 0.2) is 103 Å². The number of nitrogen functional groups attached to an aromatic ring is 1. The molecule has 1 aromatic heterocycles. The van der Waals surface area contributed by atoms with Gasteiger partial charge in [-0.25, -0.2) is 4.98 Å². The number of anilines is 3. The number of aromatic nitrogens is 2.